The molecule has 100 valence electrons. The van der Waals surface area contributed by atoms with E-state index in [1.165, 1.54) is 12.8 Å². The van der Waals surface area contributed by atoms with Crippen LogP contribution in [0.1, 0.15) is 47.5 Å². The summed E-state index contributed by atoms with van der Waals surface area (Å²) < 4.78 is 0. The summed E-state index contributed by atoms with van der Waals surface area (Å²) in [4.78, 5) is 11.4. The van der Waals surface area contributed by atoms with Crippen LogP contribution in [0.3, 0.4) is 0 Å². The van der Waals surface area contributed by atoms with Crippen molar-refractivity contribution in [3.63, 3.8) is 0 Å². The lowest BCUT2D eigenvalue weighted by atomic mass is 9.91. The molecule has 0 aliphatic heterocycles. The Labute approximate surface area is 106 Å². The van der Waals surface area contributed by atoms with Gasteiger partial charge in [-0.15, -0.1) is 0 Å². The fourth-order valence-electron chi connectivity index (χ4n) is 2.81. The summed E-state index contributed by atoms with van der Waals surface area (Å²) in [5.41, 5.74) is 0.470. The molecule has 1 saturated carbocycles. The van der Waals surface area contributed by atoms with Gasteiger partial charge in [-0.3, -0.25) is 4.79 Å². The van der Waals surface area contributed by atoms with Gasteiger partial charge in [0.2, 0.25) is 5.91 Å². The van der Waals surface area contributed by atoms with E-state index in [4.69, 9.17) is 0 Å². The Balaban J connectivity index is 2.17. The van der Waals surface area contributed by atoms with Crippen LogP contribution in [-0.4, -0.2) is 25.0 Å². The van der Waals surface area contributed by atoms with Gasteiger partial charge in [0.25, 0.3) is 0 Å². The van der Waals surface area contributed by atoms with Crippen molar-refractivity contribution in [3.8, 4) is 0 Å². The molecule has 1 aliphatic carbocycles. The molecular weight excluding hydrogens is 212 g/mol. The minimum absolute atomic E-state index is 0.0827. The zero-order chi connectivity index (χ0) is 13.1. The van der Waals surface area contributed by atoms with Gasteiger partial charge in [-0.2, -0.15) is 0 Å². The van der Waals surface area contributed by atoms with E-state index in [0.717, 1.165) is 19.0 Å². The maximum Gasteiger partial charge on any atom is 0.222 e. The van der Waals surface area contributed by atoms with Crippen molar-refractivity contribution in [2.24, 2.45) is 17.3 Å². The van der Waals surface area contributed by atoms with Crippen LogP contribution < -0.4 is 10.6 Å². The second kappa shape index (κ2) is 5.85. The average Bonchev–Trinajstić information content (AvgIpc) is 2.46. The summed E-state index contributed by atoms with van der Waals surface area (Å²) in [6.07, 6.45) is 2.54. The standard InChI is InChI=1S/C14H28N2O/c1-10(2)13(17)16-7-6-15-12-9-14(4,5)8-11(12)3/h10-12,15H,6-9H2,1-5H3,(H,16,17)/t11-,12-/m1/s1. The van der Waals surface area contributed by atoms with Crippen molar-refractivity contribution in [1.82, 2.24) is 10.6 Å². The third kappa shape index (κ3) is 4.66. The van der Waals surface area contributed by atoms with Crippen molar-refractivity contribution in [3.05, 3.63) is 0 Å². The maximum atomic E-state index is 11.4. The molecule has 17 heavy (non-hydrogen) atoms. The molecule has 0 radical (unpaired) electrons. The lowest BCUT2D eigenvalue weighted by Gasteiger charge is -2.19. The quantitative estimate of drug-likeness (QED) is 0.723. The third-order valence-electron chi connectivity index (χ3n) is 3.69. The monoisotopic (exact) mass is 240 g/mol. The van der Waals surface area contributed by atoms with E-state index >= 15 is 0 Å². The van der Waals surface area contributed by atoms with E-state index in [9.17, 15) is 4.79 Å². The Bertz CT molecular complexity index is 261. The molecule has 0 aromatic heterocycles. The predicted octanol–water partition coefficient (Wildman–Crippen LogP) is 2.17. The molecule has 0 saturated heterocycles. The first-order valence-electron chi connectivity index (χ1n) is 6.83. The van der Waals surface area contributed by atoms with Crippen LogP contribution in [0, 0.1) is 17.3 Å². The molecule has 0 bridgehead atoms. The number of carbonyl (C=O) groups is 1. The molecule has 1 fully saturated rings. The molecule has 0 unspecified atom stereocenters. The van der Waals surface area contributed by atoms with Crippen molar-refractivity contribution in [1.29, 1.82) is 0 Å². The van der Waals surface area contributed by atoms with E-state index in [-0.39, 0.29) is 11.8 Å². The van der Waals surface area contributed by atoms with Crippen molar-refractivity contribution in [2.75, 3.05) is 13.1 Å². The van der Waals surface area contributed by atoms with E-state index in [1.54, 1.807) is 0 Å². The fraction of sp³-hybridized carbons (Fsp3) is 0.929. The molecule has 3 heteroatoms. The second-order valence-corrected chi connectivity index (χ2v) is 6.56. The highest BCUT2D eigenvalue weighted by Gasteiger charge is 2.35. The fourth-order valence-corrected chi connectivity index (χ4v) is 2.81. The van der Waals surface area contributed by atoms with Crippen molar-refractivity contribution < 1.29 is 4.79 Å². The molecule has 2 N–H and O–H groups in total. The Morgan fingerprint density at radius 3 is 2.41 bits per heavy atom. The molecule has 0 heterocycles. The van der Waals surface area contributed by atoms with Gasteiger partial charge in [0, 0.05) is 25.0 Å². The van der Waals surface area contributed by atoms with Gasteiger partial charge >= 0.3 is 0 Å². The van der Waals surface area contributed by atoms with Crippen LogP contribution in [-0.2, 0) is 4.79 Å². The van der Waals surface area contributed by atoms with Crippen LogP contribution in [0.2, 0.25) is 0 Å². The van der Waals surface area contributed by atoms with E-state index in [0.29, 0.717) is 11.5 Å². The average molecular weight is 240 g/mol. The summed E-state index contributed by atoms with van der Waals surface area (Å²) in [6, 6.07) is 0.612. The molecule has 1 aliphatic rings. The highest BCUT2D eigenvalue weighted by atomic mass is 16.1. The first-order valence-corrected chi connectivity index (χ1v) is 6.83. The Hall–Kier alpha value is -0.570. The van der Waals surface area contributed by atoms with E-state index < -0.39 is 0 Å². The first-order chi connectivity index (χ1) is 7.82. The summed E-state index contributed by atoms with van der Waals surface area (Å²) in [7, 11) is 0. The van der Waals surface area contributed by atoms with Gasteiger partial charge in [0.1, 0.15) is 0 Å². The SMILES string of the molecule is CC(C)C(=O)NCCN[C@@H]1CC(C)(C)C[C@H]1C. The minimum atomic E-state index is 0.0827. The van der Waals surface area contributed by atoms with Gasteiger partial charge in [0.15, 0.2) is 0 Å². The largest absolute Gasteiger partial charge is 0.355 e. The molecule has 0 aromatic rings. The predicted molar refractivity (Wildman–Crippen MR) is 71.8 cm³/mol. The molecule has 0 spiro atoms. The van der Waals surface area contributed by atoms with Crippen molar-refractivity contribution in [2.45, 2.75) is 53.5 Å². The number of rotatable bonds is 5. The zero-order valence-corrected chi connectivity index (χ0v) is 12.0. The number of carbonyl (C=O) groups excluding carboxylic acids is 1. The molecular formula is C14H28N2O. The molecule has 1 rings (SSSR count). The van der Waals surface area contributed by atoms with Crippen LogP contribution in [0.5, 0.6) is 0 Å². The molecule has 1 amide bonds. The zero-order valence-electron chi connectivity index (χ0n) is 12.0. The maximum absolute atomic E-state index is 11.4. The van der Waals surface area contributed by atoms with Gasteiger partial charge in [-0.25, -0.2) is 0 Å². The molecule has 0 aromatic carbocycles. The number of amides is 1. The van der Waals surface area contributed by atoms with Crippen LogP contribution >= 0.6 is 0 Å². The lowest BCUT2D eigenvalue weighted by Crippen LogP contribution is -2.39. The Morgan fingerprint density at radius 2 is 1.94 bits per heavy atom. The topological polar surface area (TPSA) is 41.1 Å². The number of hydrogen-bond acceptors (Lipinski definition) is 2. The van der Waals surface area contributed by atoms with Gasteiger partial charge in [-0.05, 0) is 24.2 Å². The van der Waals surface area contributed by atoms with Crippen LogP contribution in [0.4, 0.5) is 0 Å². The summed E-state index contributed by atoms with van der Waals surface area (Å²) in [6.45, 7) is 12.5. The molecule has 2 atom stereocenters. The van der Waals surface area contributed by atoms with Crippen molar-refractivity contribution >= 4 is 5.91 Å². The number of nitrogens with one attached hydrogen (secondary N) is 2. The minimum Gasteiger partial charge on any atom is -0.355 e. The Kier molecular flexibility index (Phi) is 4.99. The van der Waals surface area contributed by atoms with Crippen LogP contribution in [0.25, 0.3) is 0 Å². The summed E-state index contributed by atoms with van der Waals surface area (Å²) in [5, 5.41) is 6.51. The van der Waals surface area contributed by atoms with E-state index in [1.807, 2.05) is 13.8 Å². The van der Waals surface area contributed by atoms with Gasteiger partial charge in [-0.1, -0.05) is 34.6 Å². The third-order valence-corrected chi connectivity index (χ3v) is 3.69. The van der Waals surface area contributed by atoms with Gasteiger partial charge in [0.05, 0.1) is 0 Å². The lowest BCUT2D eigenvalue weighted by molar-refractivity contribution is -0.123. The molecule has 3 nitrogen and oxygen atoms in total. The first kappa shape index (κ1) is 14.5. The summed E-state index contributed by atoms with van der Waals surface area (Å²) >= 11 is 0. The normalized spacial score (nSPS) is 27.4. The highest BCUT2D eigenvalue weighted by molar-refractivity contribution is 5.77. The van der Waals surface area contributed by atoms with E-state index in [2.05, 4.69) is 31.4 Å². The Morgan fingerprint density at radius 1 is 1.29 bits per heavy atom. The number of hydrogen-bond donors (Lipinski definition) is 2. The van der Waals surface area contributed by atoms with Crippen LogP contribution in [0.15, 0.2) is 0 Å². The van der Waals surface area contributed by atoms with Gasteiger partial charge < -0.3 is 10.6 Å². The summed E-state index contributed by atoms with van der Waals surface area (Å²) in [5.74, 6) is 0.969. The smallest absolute Gasteiger partial charge is 0.222 e. The second-order valence-electron chi connectivity index (χ2n) is 6.56. The highest BCUT2D eigenvalue weighted by Crippen LogP contribution is 2.40.